The summed E-state index contributed by atoms with van der Waals surface area (Å²) in [6, 6.07) is 4.34. The molecule has 0 amide bonds. The fourth-order valence-corrected chi connectivity index (χ4v) is 2.40. The van der Waals surface area contributed by atoms with Crippen LogP contribution in [0.4, 0.5) is 0 Å². The van der Waals surface area contributed by atoms with Crippen LogP contribution in [0.25, 0.3) is 21.8 Å². The third-order valence-electron chi connectivity index (χ3n) is 3.27. The number of hydrogen-bond acceptors (Lipinski definition) is 6. The molecule has 1 aromatic carbocycles. The van der Waals surface area contributed by atoms with Gasteiger partial charge in [0.1, 0.15) is 0 Å². The lowest BCUT2D eigenvalue weighted by Gasteiger charge is -2.06. The van der Waals surface area contributed by atoms with Gasteiger partial charge < -0.3 is 9.82 Å². The zero-order valence-electron chi connectivity index (χ0n) is 12.8. The van der Waals surface area contributed by atoms with E-state index >= 15 is 0 Å². The second kappa shape index (κ2) is 6.06. The van der Waals surface area contributed by atoms with Crippen molar-refractivity contribution in [1.82, 2.24) is 20.7 Å². The molecule has 0 aliphatic carbocycles. The molecule has 9 heteroatoms. The number of hydrogen-bond donors (Lipinski definition) is 3. The SMILES string of the molecule is CC(C)NOC(=O)c1[nH]nc2c(=O)[nH]c3cc(Cl)ccc3c(=O)c12. The summed E-state index contributed by atoms with van der Waals surface area (Å²) in [6.07, 6.45) is 0. The maximum atomic E-state index is 12.8. The molecule has 0 fully saturated rings. The molecule has 2 aromatic heterocycles. The number of H-pyrrole nitrogens is 2. The number of rotatable bonds is 3. The van der Waals surface area contributed by atoms with E-state index in [2.05, 4.69) is 20.7 Å². The highest BCUT2D eigenvalue weighted by Gasteiger charge is 2.21. The fourth-order valence-electron chi connectivity index (χ4n) is 2.23. The molecule has 0 unspecified atom stereocenters. The summed E-state index contributed by atoms with van der Waals surface area (Å²) in [5.41, 5.74) is 1.22. The van der Waals surface area contributed by atoms with Gasteiger partial charge in [-0.2, -0.15) is 10.6 Å². The maximum absolute atomic E-state index is 12.8. The Morgan fingerprint density at radius 1 is 1.33 bits per heavy atom. The number of nitrogens with zero attached hydrogens (tertiary/aromatic N) is 1. The largest absolute Gasteiger partial charge is 0.375 e. The maximum Gasteiger partial charge on any atom is 0.375 e. The summed E-state index contributed by atoms with van der Waals surface area (Å²) < 4.78 is 0. The van der Waals surface area contributed by atoms with E-state index in [0.717, 1.165) is 0 Å². The van der Waals surface area contributed by atoms with Crippen LogP contribution in [0.2, 0.25) is 5.02 Å². The number of fused-ring (bicyclic) bond motifs is 2. The van der Waals surface area contributed by atoms with Crippen molar-refractivity contribution >= 4 is 39.4 Å². The minimum absolute atomic E-state index is 0.114. The minimum Gasteiger partial charge on any atom is -0.365 e. The zero-order chi connectivity index (χ0) is 17.4. The molecule has 0 aliphatic rings. The third-order valence-corrected chi connectivity index (χ3v) is 3.51. The molecule has 0 saturated carbocycles. The lowest BCUT2D eigenvalue weighted by Crippen LogP contribution is -2.27. The zero-order valence-corrected chi connectivity index (χ0v) is 13.5. The van der Waals surface area contributed by atoms with Gasteiger partial charge in [0, 0.05) is 16.5 Å². The third kappa shape index (κ3) is 2.77. The van der Waals surface area contributed by atoms with Crippen LogP contribution in [0.5, 0.6) is 0 Å². The van der Waals surface area contributed by atoms with Crippen LogP contribution in [0.15, 0.2) is 27.8 Å². The molecule has 0 atom stereocenters. The normalized spacial score (nSPS) is 11.3. The number of aromatic amines is 2. The number of nitrogens with one attached hydrogen (secondary N) is 3. The summed E-state index contributed by atoms with van der Waals surface area (Å²) in [5, 5.41) is 6.62. The fraction of sp³-hybridized carbons (Fsp3) is 0.200. The highest BCUT2D eigenvalue weighted by molar-refractivity contribution is 6.31. The summed E-state index contributed by atoms with van der Waals surface area (Å²) >= 11 is 5.90. The van der Waals surface area contributed by atoms with E-state index in [1.165, 1.54) is 18.2 Å². The summed E-state index contributed by atoms with van der Waals surface area (Å²) in [6.45, 7) is 3.55. The molecular formula is C15H13ClN4O4. The Morgan fingerprint density at radius 3 is 2.79 bits per heavy atom. The van der Waals surface area contributed by atoms with Gasteiger partial charge in [0.05, 0.1) is 10.9 Å². The molecule has 0 saturated heterocycles. The molecule has 24 heavy (non-hydrogen) atoms. The molecule has 3 N–H and O–H groups in total. The first kappa shape index (κ1) is 16.2. The Balaban J connectivity index is 2.32. The van der Waals surface area contributed by atoms with Gasteiger partial charge in [-0.15, -0.1) is 0 Å². The highest BCUT2D eigenvalue weighted by Crippen LogP contribution is 2.16. The van der Waals surface area contributed by atoms with Gasteiger partial charge in [-0.3, -0.25) is 14.7 Å². The smallest absolute Gasteiger partial charge is 0.365 e. The Hall–Kier alpha value is -2.71. The van der Waals surface area contributed by atoms with Crippen molar-refractivity contribution in [3.05, 3.63) is 49.5 Å². The molecule has 0 aliphatic heterocycles. The number of carbonyl (C=O) groups excluding carboxylic acids is 1. The van der Waals surface area contributed by atoms with Crippen LogP contribution in [0.1, 0.15) is 24.3 Å². The van der Waals surface area contributed by atoms with Gasteiger partial charge in [-0.1, -0.05) is 11.6 Å². The molecule has 8 nitrogen and oxygen atoms in total. The monoisotopic (exact) mass is 348 g/mol. The second-order valence-corrected chi connectivity index (χ2v) is 5.89. The highest BCUT2D eigenvalue weighted by atomic mass is 35.5. The van der Waals surface area contributed by atoms with Crippen LogP contribution >= 0.6 is 11.6 Å². The molecule has 3 aromatic rings. The number of hydroxylamine groups is 1. The first-order valence-electron chi connectivity index (χ1n) is 7.09. The van der Waals surface area contributed by atoms with Gasteiger partial charge in [-0.25, -0.2) is 4.79 Å². The Labute approximate surface area is 139 Å². The number of benzene rings is 1. The molecule has 0 spiro atoms. The number of aromatic nitrogens is 3. The van der Waals surface area contributed by atoms with E-state index < -0.39 is 17.0 Å². The molecule has 0 bridgehead atoms. The lowest BCUT2D eigenvalue weighted by molar-refractivity contribution is 0.0183. The molecule has 124 valence electrons. The van der Waals surface area contributed by atoms with E-state index in [0.29, 0.717) is 5.02 Å². The molecular weight excluding hydrogens is 336 g/mol. The molecule has 2 heterocycles. The average molecular weight is 349 g/mol. The van der Waals surface area contributed by atoms with Gasteiger partial charge in [0.25, 0.3) is 5.56 Å². The van der Waals surface area contributed by atoms with E-state index in [-0.39, 0.29) is 33.5 Å². The predicted octanol–water partition coefficient (Wildman–Crippen LogP) is 1.49. The van der Waals surface area contributed by atoms with Crippen molar-refractivity contribution < 1.29 is 9.63 Å². The summed E-state index contributed by atoms with van der Waals surface area (Å²) in [7, 11) is 0. The van der Waals surface area contributed by atoms with Crippen LogP contribution in [0, 0.1) is 0 Å². The van der Waals surface area contributed by atoms with E-state index in [9.17, 15) is 14.4 Å². The van der Waals surface area contributed by atoms with Crippen molar-refractivity contribution in [2.24, 2.45) is 0 Å². The quantitative estimate of drug-likeness (QED) is 0.617. The second-order valence-electron chi connectivity index (χ2n) is 5.46. The van der Waals surface area contributed by atoms with Gasteiger partial charge in [0.2, 0.25) is 0 Å². The predicted molar refractivity (Wildman–Crippen MR) is 89.2 cm³/mol. The topological polar surface area (TPSA) is 117 Å². The van der Waals surface area contributed by atoms with Gasteiger partial charge in [0.15, 0.2) is 16.6 Å². The first-order valence-corrected chi connectivity index (χ1v) is 7.47. The molecule has 0 radical (unpaired) electrons. The summed E-state index contributed by atoms with van der Waals surface area (Å²) in [5.74, 6) is -0.837. The van der Waals surface area contributed by atoms with Crippen molar-refractivity contribution in [1.29, 1.82) is 0 Å². The van der Waals surface area contributed by atoms with Crippen molar-refractivity contribution in [2.75, 3.05) is 0 Å². The Bertz CT molecular complexity index is 1070. The number of halogens is 1. The standard InChI is InChI=1S/C15H13ClN4O4/c1-6(2)20-24-15(23)12-10-11(18-19-12)14(22)17-9-5-7(16)3-4-8(9)13(10)21/h3-6,20H,1-2H3,(H,17,22)(H,18,19). The van der Waals surface area contributed by atoms with Crippen LogP contribution in [-0.2, 0) is 4.84 Å². The lowest BCUT2D eigenvalue weighted by atomic mass is 10.2. The minimum atomic E-state index is -0.837. The number of carbonyl (C=O) groups is 1. The van der Waals surface area contributed by atoms with Crippen molar-refractivity contribution in [2.45, 2.75) is 19.9 Å². The van der Waals surface area contributed by atoms with E-state index in [4.69, 9.17) is 16.4 Å². The Morgan fingerprint density at radius 2 is 2.08 bits per heavy atom. The van der Waals surface area contributed by atoms with Crippen LogP contribution < -0.4 is 16.5 Å². The van der Waals surface area contributed by atoms with Crippen molar-refractivity contribution in [3.63, 3.8) is 0 Å². The van der Waals surface area contributed by atoms with E-state index in [1.807, 2.05) is 0 Å². The average Bonchev–Trinajstić information content (AvgIpc) is 2.93. The van der Waals surface area contributed by atoms with Crippen molar-refractivity contribution in [3.8, 4) is 0 Å². The Kier molecular flexibility index (Phi) is 4.08. The van der Waals surface area contributed by atoms with E-state index in [1.54, 1.807) is 13.8 Å². The first-order chi connectivity index (χ1) is 11.4. The van der Waals surface area contributed by atoms with Crippen LogP contribution in [0.3, 0.4) is 0 Å². The van der Waals surface area contributed by atoms with Gasteiger partial charge >= 0.3 is 5.97 Å². The van der Waals surface area contributed by atoms with Crippen LogP contribution in [-0.4, -0.2) is 27.2 Å². The molecule has 3 rings (SSSR count). The van der Waals surface area contributed by atoms with Gasteiger partial charge in [-0.05, 0) is 32.0 Å². The summed E-state index contributed by atoms with van der Waals surface area (Å²) in [4.78, 5) is 44.6.